The van der Waals surface area contributed by atoms with Gasteiger partial charge >= 0.3 is 0 Å². The second-order valence-electron chi connectivity index (χ2n) is 4.56. The zero-order valence-electron chi connectivity index (χ0n) is 10.6. The van der Waals surface area contributed by atoms with Crippen molar-refractivity contribution >= 4 is 17.7 Å². The molecule has 0 saturated carbocycles. The third kappa shape index (κ3) is 3.18. The van der Waals surface area contributed by atoms with Crippen LogP contribution in [0.3, 0.4) is 0 Å². The minimum atomic E-state index is -0.700. The maximum absolute atomic E-state index is 13.7. The number of piperidine rings is 1. The predicted octanol–water partition coefficient (Wildman–Crippen LogP) is -0.181. The van der Waals surface area contributed by atoms with Gasteiger partial charge < -0.3 is 11.1 Å². The summed E-state index contributed by atoms with van der Waals surface area (Å²) < 4.78 is 13.7. The molecule has 0 spiro atoms. The number of carbonyl (C=O) groups is 3. The number of hydrogen-bond acceptors (Lipinski definition) is 4. The van der Waals surface area contributed by atoms with Crippen LogP contribution in [0.15, 0.2) is 18.2 Å². The molecule has 20 heavy (non-hydrogen) atoms. The van der Waals surface area contributed by atoms with E-state index in [1.165, 1.54) is 12.1 Å². The summed E-state index contributed by atoms with van der Waals surface area (Å²) in [6, 6.07) is 3.40. The zero-order valence-corrected chi connectivity index (χ0v) is 10.6. The SMILES string of the molecule is NC(=O)c1ccc(CNC2CCC(=O)NC2=O)c(F)c1. The molecule has 1 saturated heterocycles. The van der Waals surface area contributed by atoms with Crippen LogP contribution in [-0.2, 0) is 16.1 Å². The molecule has 1 aliphatic heterocycles. The summed E-state index contributed by atoms with van der Waals surface area (Å²) in [6.45, 7) is 0.122. The van der Waals surface area contributed by atoms with E-state index in [0.717, 1.165) is 6.07 Å². The molecule has 106 valence electrons. The molecule has 1 aliphatic rings. The molecule has 7 heteroatoms. The first-order chi connectivity index (χ1) is 9.47. The lowest BCUT2D eigenvalue weighted by Crippen LogP contribution is -2.50. The lowest BCUT2D eigenvalue weighted by atomic mass is 10.1. The summed E-state index contributed by atoms with van der Waals surface area (Å²) in [7, 11) is 0. The largest absolute Gasteiger partial charge is 0.366 e. The fourth-order valence-electron chi connectivity index (χ4n) is 1.97. The Morgan fingerprint density at radius 2 is 2.20 bits per heavy atom. The van der Waals surface area contributed by atoms with Gasteiger partial charge in [-0.3, -0.25) is 19.7 Å². The predicted molar refractivity (Wildman–Crippen MR) is 67.9 cm³/mol. The maximum Gasteiger partial charge on any atom is 0.248 e. The smallest absolute Gasteiger partial charge is 0.248 e. The van der Waals surface area contributed by atoms with Crippen LogP contribution in [0, 0.1) is 5.82 Å². The van der Waals surface area contributed by atoms with Crippen LogP contribution in [0.2, 0.25) is 0 Å². The standard InChI is InChI=1S/C13H14FN3O3/c14-9-5-7(12(15)19)1-2-8(9)6-16-10-3-4-11(18)17-13(10)20/h1-2,5,10,16H,3-4,6H2,(H2,15,19)(H,17,18,20). The van der Waals surface area contributed by atoms with Gasteiger partial charge in [-0.2, -0.15) is 0 Å². The number of imide groups is 1. The first kappa shape index (κ1) is 14.1. The van der Waals surface area contributed by atoms with Gasteiger partial charge in [-0.25, -0.2) is 4.39 Å². The lowest BCUT2D eigenvalue weighted by molar-refractivity contribution is -0.134. The van der Waals surface area contributed by atoms with Crippen LogP contribution in [0.5, 0.6) is 0 Å². The molecule has 4 N–H and O–H groups in total. The molecule has 1 aromatic carbocycles. The van der Waals surface area contributed by atoms with Gasteiger partial charge in [0.2, 0.25) is 17.7 Å². The van der Waals surface area contributed by atoms with Crippen LogP contribution >= 0.6 is 0 Å². The van der Waals surface area contributed by atoms with Crippen molar-refractivity contribution in [1.82, 2.24) is 10.6 Å². The highest BCUT2D eigenvalue weighted by molar-refractivity contribution is 6.00. The number of hydrogen-bond donors (Lipinski definition) is 3. The van der Waals surface area contributed by atoms with Crippen LogP contribution in [0.25, 0.3) is 0 Å². The average molecular weight is 279 g/mol. The van der Waals surface area contributed by atoms with Crippen molar-refractivity contribution in [2.75, 3.05) is 0 Å². The summed E-state index contributed by atoms with van der Waals surface area (Å²) in [4.78, 5) is 33.4. The highest BCUT2D eigenvalue weighted by Crippen LogP contribution is 2.12. The van der Waals surface area contributed by atoms with Gasteiger partial charge in [0, 0.05) is 24.1 Å². The Morgan fingerprint density at radius 3 is 2.80 bits per heavy atom. The van der Waals surface area contributed by atoms with Crippen molar-refractivity contribution in [2.24, 2.45) is 5.73 Å². The molecule has 1 heterocycles. The molecule has 1 atom stereocenters. The Kier molecular flexibility index (Phi) is 4.09. The Bertz CT molecular complexity index is 574. The van der Waals surface area contributed by atoms with E-state index in [0.29, 0.717) is 12.0 Å². The number of amides is 3. The van der Waals surface area contributed by atoms with Crippen molar-refractivity contribution in [3.63, 3.8) is 0 Å². The van der Waals surface area contributed by atoms with Crippen LogP contribution < -0.4 is 16.4 Å². The third-order valence-electron chi connectivity index (χ3n) is 3.12. The number of rotatable bonds is 4. The summed E-state index contributed by atoms with van der Waals surface area (Å²) in [5.41, 5.74) is 5.46. The highest BCUT2D eigenvalue weighted by Gasteiger charge is 2.26. The number of benzene rings is 1. The first-order valence-electron chi connectivity index (χ1n) is 6.12. The second kappa shape index (κ2) is 5.79. The molecule has 3 amide bonds. The average Bonchev–Trinajstić information content (AvgIpc) is 2.38. The quantitative estimate of drug-likeness (QED) is 0.665. The van der Waals surface area contributed by atoms with Gasteiger partial charge in [-0.15, -0.1) is 0 Å². The first-order valence-corrected chi connectivity index (χ1v) is 6.12. The van der Waals surface area contributed by atoms with Crippen LogP contribution in [0.4, 0.5) is 4.39 Å². The van der Waals surface area contributed by atoms with Crippen molar-refractivity contribution in [2.45, 2.75) is 25.4 Å². The molecule has 0 radical (unpaired) electrons. The van der Waals surface area contributed by atoms with Crippen LogP contribution in [0.1, 0.15) is 28.8 Å². The Labute approximate surface area is 114 Å². The van der Waals surface area contributed by atoms with E-state index < -0.39 is 23.7 Å². The van der Waals surface area contributed by atoms with Gasteiger partial charge in [-0.1, -0.05) is 6.07 Å². The van der Waals surface area contributed by atoms with Crippen molar-refractivity contribution < 1.29 is 18.8 Å². The van der Waals surface area contributed by atoms with Crippen LogP contribution in [-0.4, -0.2) is 23.8 Å². The van der Waals surface area contributed by atoms with E-state index >= 15 is 0 Å². The monoisotopic (exact) mass is 279 g/mol. The maximum atomic E-state index is 13.7. The van der Waals surface area contributed by atoms with Gasteiger partial charge in [-0.05, 0) is 18.6 Å². The normalized spacial score (nSPS) is 18.8. The summed E-state index contributed by atoms with van der Waals surface area (Å²) >= 11 is 0. The fourth-order valence-corrected chi connectivity index (χ4v) is 1.97. The Hall–Kier alpha value is -2.28. The van der Waals surface area contributed by atoms with E-state index in [-0.39, 0.29) is 24.4 Å². The summed E-state index contributed by atoms with van der Waals surface area (Å²) in [5.74, 6) is -1.98. The molecule has 2 rings (SSSR count). The number of halogens is 1. The van der Waals surface area contributed by atoms with Gasteiger partial charge in [0.15, 0.2) is 0 Å². The van der Waals surface area contributed by atoms with E-state index in [1.807, 2.05) is 0 Å². The Balaban J connectivity index is 1.99. The minimum absolute atomic E-state index is 0.0901. The highest BCUT2D eigenvalue weighted by atomic mass is 19.1. The minimum Gasteiger partial charge on any atom is -0.366 e. The van der Waals surface area contributed by atoms with E-state index in [9.17, 15) is 18.8 Å². The van der Waals surface area contributed by atoms with E-state index in [2.05, 4.69) is 10.6 Å². The molecular formula is C13H14FN3O3. The van der Waals surface area contributed by atoms with E-state index in [1.54, 1.807) is 0 Å². The molecule has 0 bridgehead atoms. The molecule has 0 aromatic heterocycles. The third-order valence-corrected chi connectivity index (χ3v) is 3.12. The molecule has 1 unspecified atom stereocenters. The van der Waals surface area contributed by atoms with Gasteiger partial charge in [0.05, 0.1) is 6.04 Å². The lowest BCUT2D eigenvalue weighted by Gasteiger charge is -2.22. The molecule has 1 fully saturated rings. The van der Waals surface area contributed by atoms with Crippen molar-refractivity contribution in [3.8, 4) is 0 Å². The van der Waals surface area contributed by atoms with Gasteiger partial charge in [0.25, 0.3) is 0 Å². The molecule has 0 aliphatic carbocycles. The number of nitrogens with two attached hydrogens (primary N) is 1. The fraction of sp³-hybridized carbons (Fsp3) is 0.308. The summed E-state index contributed by atoms with van der Waals surface area (Å²) in [5, 5.41) is 5.09. The Morgan fingerprint density at radius 1 is 1.45 bits per heavy atom. The topological polar surface area (TPSA) is 101 Å². The zero-order chi connectivity index (χ0) is 14.7. The number of nitrogens with one attached hydrogen (secondary N) is 2. The second-order valence-corrected chi connectivity index (χ2v) is 4.56. The number of carbonyl (C=O) groups excluding carboxylic acids is 3. The summed E-state index contributed by atoms with van der Waals surface area (Å²) in [6.07, 6.45) is 0.637. The van der Waals surface area contributed by atoms with Crippen molar-refractivity contribution in [3.05, 3.63) is 35.1 Å². The number of primary amides is 1. The van der Waals surface area contributed by atoms with Crippen molar-refractivity contribution in [1.29, 1.82) is 0 Å². The van der Waals surface area contributed by atoms with Gasteiger partial charge in [0.1, 0.15) is 5.82 Å². The molecule has 1 aromatic rings. The molecule has 6 nitrogen and oxygen atoms in total. The van der Waals surface area contributed by atoms with E-state index in [4.69, 9.17) is 5.73 Å². The molecular weight excluding hydrogens is 265 g/mol.